The molecule has 0 aliphatic rings. The summed E-state index contributed by atoms with van der Waals surface area (Å²) in [5, 5.41) is 26.1. The summed E-state index contributed by atoms with van der Waals surface area (Å²) in [4.78, 5) is 16.9. The first kappa shape index (κ1) is 18.6. The van der Waals surface area contributed by atoms with Gasteiger partial charge in [0.15, 0.2) is 0 Å². The number of aromatic hydroxyl groups is 1. The van der Waals surface area contributed by atoms with E-state index >= 15 is 0 Å². The number of aromatic nitrogens is 3. The highest BCUT2D eigenvalue weighted by molar-refractivity contribution is 5.95. The molecule has 3 N–H and O–H groups in total. The maximum atomic E-state index is 12.7. The van der Waals surface area contributed by atoms with Crippen LogP contribution < -0.4 is 5.32 Å². The lowest BCUT2D eigenvalue weighted by Crippen LogP contribution is -2.28. The lowest BCUT2D eigenvalue weighted by atomic mass is 10.0. The van der Waals surface area contributed by atoms with E-state index in [0.717, 1.165) is 11.1 Å². The van der Waals surface area contributed by atoms with E-state index in [4.69, 9.17) is 0 Å². The van der Waals surface area contributed by atoms with Crippen molar-refractivity contribution in [2.24, 2.45) is 0 Å². The van der Waals surface area contributed by atoms with Gasteiger partial charge in [-0.3, -0.25) is 4.79 Å². The van der Waals surface area contributed by atoms with Crippen molar-refractivity contribution in [3.05, 3.63) is 65.7 Å². The third-order valence-electron chi connectivity index (χ3n) is 4.39. The van der Waals surface area contributed by atoms with Crippen LogP contribution >= 0.6 is 0 Å². The predicted octanol–water partition coefficient (Wildman–Crippen LogP) is 2.65. The average Bonchev–Trinajstić information content (AvgIpc) is 3.17. The fourth-order valence-electron chi connectivity index (χ4n) is 2.93. The van der Waals surface area contributed by atoms with E-state index in [2.05, 4.69) is 15.4 Å². The predicted molar refractivity (Wildman–Crippen MR) is 101 cm³/mol. The number of amides is 1. The molecular formula is C20H22N4O3. The molecule has 0 aliphatic heterocycles. The van der Waals surface area contributed by atoms with Gasteiger partial charge in [-0.15, -0.1) is 0 Å². The van der Waals surface area contributed by atoms with Crippen LogP contribution in [-0.4, -0.2) is 30.9 Å². The second-order valence-electron chi connectivity index (χ2n) is 6.21. The number of hydrogen-bond donors (Lipinski definition) is 3. The summed E-state index contributed by atoms with van der Waals surface area (Å²) in [6.07, 6.45) is 1.48. The molecule has 0 unspecified atom stereocenters. The van der Waals surface area contributed by atoms with Gasteiger partial charge in [-0.1, -0.05) is 18.2 Å². The molecule has 3 rings (SSSR count). The Bertz CT molecular complexity index is 952. The van der Waals surface area contributed by atoms with Crippen molar-refractivity contribution in [3.63, 3.8) is 0 Å². The Morgan fingerprint density at radius 3 is 2.74 bits per heavy atom. The molecular weight excluding hydrogens is 344 g/mol. The first-order valence-electron chi connectivity index (χ1n) is 8.75. The first-order chi connectivity index (χ1) is 13.0. The lowest BCUT2D eigenvalue weighted by Gasteiger charge is -2.14. The van der Waals surface area contributed by atoms with Crippen molar-refractivity contribution in [2.45, 2.75) is 33.0 Å². The summed E-state index contributed by atoms with van der Waals surface area (Å²) in [7, 11) is 0. The number of benzene rings is 2. The Labute approximate surface area is 157 Å². The number of hydrogen-bond acceptors (Lipinski definition) is 5. The monoisotopic (exact) mass is 366 g/mol. The molecule has 7 heteroatoms. The summed E-state index contributed by atoms with van der Waals surface area (Å²) in [5.41, 5.74) is 2.59. The van der Waals surface area contributed by atoms with Gasteiger partial charge in [0.2, 0.25) is 0 Å². The SMILES string of the molecule is CCn1ncnc1[C@H](C)NC(=O)c1cccc(-c2ccc(O)c(CO)c2)c1. The summed E-state index contributed by atoms with van der Waals surface area (Å²) >= 11 is 0. The summed E-state index contributed by atoms with van der Waals surface area (Å²) in [5.74, 6) is 0.535. The quantitative estimate of drug-likeness (QED) is 0.623. The molecule has 0 aliphatic carbocycles. The third kappa shape index (κ3) is 3.98. The molecule has 0 radical (unpaired) electrons. The van der Waals surface area contributed by atoms with Crippen molar-refractivity contribution in [1.29, 1.82) is 0 Å². The molecule has 1 heterocycles. The van der Waals surface area contributed by atoms with Crippen LogP contribution in [0.3, 0.4) is 0 Å². The highest BCUT2D eigenvalue weighted by atomic mass is 16.3. The fourth-order valence-corrected chi connectivity index (χ4v) is 2.93. The van der Waals surface area contributed by atoms with E-state index in [9.17, 15) is 15.0 Å². The van der Waals surface area contributed by atoms with Crippen molar-refractivity contribution < 1.29 is 15.0 Å². The van der Waals surface area contributed by atoms with E-state index in [0.29, 0.717) is 23.5 Å². The Kier molecular flexibility index (Phi) is 5.52. The topological polar surface area (TPSA) is 100 Å². The Balaban J connectivity index is 1.82. The smallest absolute Gasteiger partial charge is 0.251 e. The van der Waals surface area contributed by atoms with E-state index in [-0.39, 0.29) is 24.3 Å². The number of aliphatic hydroxyl groups is 1. The van der Waals surface area contributed by atoms with Crippen LogP contribution in [0.4, 0.5) is 0 Å². The number of aliphatic hydroxyl groups excluding tert-OH is 1. The van der Waals surface area contributed by atoms with Gasteiger partial charge in [-0.25, -0.2) is 9.67 Å². The van der Waals surface area contributed by atoms with E-state index < -0.39 is 0 Å². The number of phenols is 1. The van der Waals surface area contributed by atoms with Gasteiger partial charge in [0, 0.05) is 17.7 Å². The Hall–Kier alpha value is -3.19. The zero-order chi connectivity index (χ0) is 19.4. The number of aryl methyl sites for hydroxylation is 1. The maximum Gasteiger partial charge on any atom is 0.251 e. The van der Waals surface area contributed by atoms with Gasteiger partial charge < -0.3 is 15.5 Å². The van der Waals surface area contributed by atoms with Gasteiger partial charge in [-0.05, 0) is 49.2 Å². The molecule has 2 aromatic carbocycles. The van der Waals surface area contributed by atoms with Crippen LogP contribution in [-0.2, 0) is 13.2 Å². The highest BCUT2D eigenvalue weighted by Gasteiger charge is 2.16. The number of nitrogens with one attached hydrogen (secondary N) is 1. The minimum absolute atomic E-state index is 0.0454. The van der Waals surface area contributed by atoms with Gasteiger partial charge >= 0.3 is 0 Å². The number of rotatable bonds is 6. The van der Waals surface area contributed by atoms with E-state index in [1.54, 1.807) is 35.0 Å². The van der Waals surface area contributed by atoms with Crippen molar-refractivity contribution in [2.75, 3.05) is 0 Å². The molecule has 0 bridgehead atoms. The maximum absolute atomic E-state index is 12.7. The molecule has 3 aromatic rings. The van der Waals surface area contributed by atoms with Crippen LogP contribution in [0.2, 0.25) is 0 Å². The van der Waals surface area contributed by atoms with Crippen LogP contribution in [0.15, 0.2) is 48.8 Å². The molecule has 1 aromatic heterocycles. The minimum Gasteiger partial charge on any atom is -0.508 e. The van der Waals surface area contributed by atoms with Crippen LogP contribution in [0.5, 0.6) is 5.75 Å². The Morgan fingerprint density at radius 2 is 2.00 bits per heavy atom. The molecule has 1 amide bonds. The average molecular weight is 366 g/mol. The number of nitrogens with zero attached hydrogens (tertiary/aromatic N) is 3. The largest absolute Gasteiger partial charge is 0.508 e. The minimum atomic E-state index is -0.279. The van der Waals surface area contributed by atoms with Crippen molar-refractivity contribution >= 4 is 5.91 Å². The van der Waals surface area contributed by atoms with Crippen LogP contribution in [0.1, 0.15) is 41.6 Å². The van der Waals surface area contributed by atoms with Crippen LogP contribution in [0, 0.1) is 0 Å². The van der Waals surface area contributed by atoms with Gasteiger partial charge in [0.25, 0.3) is 5.91 Å². The van der Waals surface area contributed by atoms with Crippen molar-refractivity contribution in [3.8, 4) is 16.9 Å². The summed E-state index contributed by atoms with van der Waals surface area (Å²) in [6.45, 7) is 4.26. The summed E-state index contributed by atoms with van der Waals surface area (Å²) < 4.78 is 1.74. The fraction of sp³-hybridized carbons (Fsp3) is 0.250. The normalized spacial score (nSPS) is 12.0. The third-order valence-corrected chi connectivity index (χ3v) is 4.39. The van der Waals surface area contributed by atoms with E-state index in [1.165, 1.54) is 12.4 Å². The van der Waals surface area contributed by atoms with Crippen LogP contribution in [0.25, 0.3) is 11.1 Å². The molecule has 0 spiro atoms. The second-order valence-corrected chi connectivity index (χ2v) is 6.21. The lowest BCUT2D eigenvalue weighted by molar-refractivity contribution is 0.0937. The number of carbonyl (C=O) groups excluding carboxylic acids is 1. The van der Waals surface area contributed by atoms with Gasteiger partial charge in [-0.2, -0.15) is 5.10 Å². The number of carbonyl (C=O) groups is 1. The molecule has 7 nitrogen and oxygen atoms in total. The molecule has 1 atom stereocenters. The molecule has 0 saturated heterocycles. The van der Waals surface area contributed by atoms with E-state index in [1.807, 2.05) is 19.9 Å². The van der Waals surface area contributed by atoms with Gasteiger partial charge in [0.1, 0.15) is 17.9 Å². The zero-order valence-electron chi connectivity index (χ0n) is 15.3. The molecule has 0 fully saturated rings. The van der Waals surface area contributed by atoms with Gasteiger partial charge in [0.05, 0.1) is 12.6 Å². The molecule has 140 valence electrons. The zero-order valence-corrected chi connectivity index (χ0v) is 15.3. The first-order valence-corrected chi connectivity index (χ1v) is 8.75. The Morgan fingerprint density at radius 1 is 1.22 bits per heavy atom. The highest BCUT2D eigenvalue weighted by Crippen LogP contribution is 2.26. The standard InChI is InChI=1S/C20H22N4O3/c1-3-24-19(21-12-22-24)13(2)23-20(27)16-6-4-5-14(9-16)15-7-8-18(26)17(10-15)11-25/h4-10,12-13,25-26H,3,11H2,1-2H3,(H,23,27)/t13-/m0/s1. The second kappa shape index (κ2) is 8.01. The summed E-state index contributed by atoms with van der Waals surface area (Å²) in [6, 6.07) is 11.9. The van der Waals surface area contributed by atoms with Crippen molar-refractivity contribution in [1.82, 2.24) is 20.1 Å². The molecule has 0 saturated carbocycles. The molecule has 27 heavy (non-hydrogen) atoms.